The predicted molar refractivity (Wildman–Crippen MR) is 136 cm³/mol. The second-order valence-electron chi connectivity index (χ2n) is 8.05. The van der Waals surface area contributed by atoms with E-state index >= 15 is 0 Å². The molecule has 2 unspecified atom stereocenters. The van der Waals surface area contributed by atoms with Gasteiger partial charge in [0.05, 0.1) is 6.21 Å². The highest BCUT2D eigenvalue weighted by molar-refractivity contribution is 8.00. The van der Waals surface area contributed by atoms with Crippen LogP contribution in [0.4, 0.5) is 9.52 Å². The molecular weight excluding hydrogens is 545 g/mol. The highest BCUT2D eigenvalue weighted by Gasteiger charge is 2.54. The summed E-state index contributed by atoms with van der Waals surface area (Å²) >= 11 is 2.00. The summed E-state index contributed by atoms with van der Waals surface area (Å²) in [5.74, 6) is -2.78. The smallest absolute Gasteiger partial charge is 0.353 e. The number of amides is 2. The van der Waals surface area contributed by atoms with Crippen LogP contribution in [0, 0.1) is 5.41 Å². The monoisotopic (exact) mass is 569 g/mol. The molecule has 0 aliphatic carbocycles. The number of nitrogens with one attached hydrogen (secondary N) is 3. The van der Waals surface area contributed by atoms with Gasteiger partial charge in [-0.05, 0) is 0 Å². The number of hydrogen-bond donors (Lipinski definition) is 5. The average molecular weight is 570 g/mol. The molecule has 0 spiro atoms. The van der Waals surface area contributed by atoms with Gasteiger partial charge in [0, 0.05) is 56.1 Å². The summed E-state index contributed by atoms with van der Waals surface area (Å²) in [7, 11) is 1.58. The number of aliphatic carboxylic acids is 1. The van der Waals surface area contributed by atoms with Gasteiger partial charge in [0.25, 0.3) is 11.8 Å². The topological polar surface area (TPSA) is 215 Å². The lowest BCUT2D eigenvalue weighted by Gasteiger charge is -2.49. The van der Waals surface area contributed by atoms with Gasteiger partial charge in [-0.25, -0.2) is 9.80 Å². The summed E-state index contributed by atoms with van der Waals surface area (Å²) in [5, 5.41) is 31.8. The van der Waals surface area contributed by atoms with Crippen molar-refractivity contribution in [3.05, 3.63) is 17.1 Å². The fraction of sp³-hybridized carbons (Fsp3) is 0.474. The molecule has 2 saturated heterocycles. The molecule has 0 aromatic carbocycles. The highest BCUT2D eigenvalue weighted by Crippen LogP contribution is 2.39. The number of carbonyl (C=O) groups excluding carboxylic acids is 2. The molecule has 204 valence electrons. The van der Waals surface area contributed by atoms with E-state index in [0.717, 1.165) is 29.5 Å². The van der Waals surface area contributed by atoms with Gasteiger partial charge in [0.1, 0.15) is 23.3 Å². The van der Waals surface area contributed by atoms with E-state index in [1.165, 1.54) is 23.0 Å². The second kappa shape index (κ2) is 11.7. The number of carbonyl (C=O) groups is 3. The molecule has 6 N–H and O–H groups in total. The second-order valence-corrected chi connectivity index (χ2v) is 9.94. The van der Waals surface area contributed by atoms with Crippen LogP contribution in [0.15, 0.2) is 21.5 Å². The van der Waals surface area contributed by atoms with Crippen molar-refractivity contribution >= 4 is 64.6 Å². The largest absolute Gasteiger partial charge is 0.477 e. The van der Waals surface area contributed by atoms with Crippen LogP contribution < -0.4 is 16.4 Å². The molecule has 16 nitrogen and oxygen atoms in total. The number of thioether (sulfide) groups is 1. The van der Waals surface area contributed by atoms with Crippen LogP contribution in [0.3, 0.4) is 0 Å². The van der Waals surface area contributed by atoms with E-state index < -0.39 is 35.6 Å². The third-order valence-electron chi connectivity index (χ3n) is 5.59. The van der Waals surface area contributed by atoms with E-state index in [2.05, 4.69) is 35.1 Å². The summed E-state index contributed by atoms with van der Waals surface area (Å²) in [5.41, 5.74) is 5.41. The average Bonchev–Trinajstić information content (AvgIpc) is 3.35. The van der Waals surface area contributed by atoms with Crippen molar-refractivity contribution in [2.24, 2.45) is 10.3 Å². The number of rotatable bonds is 8. The van der Waals surface area contributed by atoms with Crippen molar-refractivity contribution in [2.75, 3.05) is 44.7 Å². The SMILES string of the molecule is CN(N=CC1=C(C(=O)O)N2C(=O)C(NC(=O)C=NOC(F)c3nsc(N)n3)[C@@H]2SC1)C(=N)N1CCNCC1. The number of anilines is 1. The Hall–Kier alpha value is -3.84. The van der Waals surface area contributed by atoms with Crippen molar-refractivity contribution < 1.29 is 28.7 Å². The van der Waals surface area contributed by atoms with Crippen LogP contribution in [0.5, 0.6) is 0 Å². The fourth-order valence-corrected chi connectivity index (χ4v) is 5.49. The first-order chi connectivity index (χ1) is 18.2. The third-order valence-corrected chi connectivity index (χ3v) is 7.45. The maximum Gasteiger partial charge on any atom is 0.353 e. The molecule has 4 rings (SSSR count). The summed E-state index contributed by atoms with van der Waals surface area (Å²) in [6.07, 6.45) is -0.170. The zero-order valence-corrected chi connectivity index (χ0v) is 21.5. The lowest BCUT2D eigenvalue weighted by atomic mass is 10.0. The molecule has 0 saturated carbocycles. The number of nitrogens with two attached hydrogens (primary N) is 1. The van der Waals surface area contributed by atoms with Crippen molar-refractivity contribution in [1.82, 2.24) is 34.8 Å². The molecule has 0 bridgehead atoms. The van der Waals surface area contributed by atoms with Gasteiger partial charge >= 0.3 is 12.3 Å². The molecule has 1 aromatic heterocycles. The van der Waals surface area contributed by atoms with Gasteiger partial charge in [-0.3, -0.25) is 19.9 Å². The number of carboxylic acids is 1. The molecule has 2 fully saturated rings. The number of nitrogens with zero attached hydrogens (tertiary/aromatic N) is 7. The number of β-lactam (4-membered cyclic amide) rings is 1. The number of piperazine rings is 1. The molecule has 0 radical (unpaired) electrons. The Bertz CT molecular complexity index is 1200. The van der Waals surface area contributed by atoms with Gasteiger partial charge in [0.2, 0.25) is 11.8 Å². The molecule has 3 atom stereocenters. The summed E-state index contributed by atoms with van der Waals surface area (Å²) in [6.45, 7) is 2.79. The van der Waals surface area contributed by atoms with E-state index in [1.807, 2.05) is 4.90 Å². The van der Waals surface area contributed by atoms with Crippen molar-refractivity contribution in [3.8, 4) is 0 Å². The van der Waals surface area contributed by atoms with Crippen LogP contribution in [0.1, 0.15) is 12.2 Å². The molecule has 3 aliphatic rings. The van der Waals surface area contributed by atoms with E-state index in [4.69, 9.17) is 11.1 Å². The third kappa shape index (κ3) is 5.83. The van der Waals surface area contributed by atoms with Gasteiger partial charge in [0.15, 0.2) is 5.13 Å². The zero-order chi connectivity index (χ0) is 27.4. The Morgan fingerprint density at radius 2 is 2.18 bits per heavy atom. The van der Waals surface area contributed by atoms with Crippen LogP contribution in [0.25, 0.3) is 0 Å². The van der Waals surface area contributed by atoms with E-state index in [9.17, 15) is 23.9 Å². The molecule has 2 amide bonds. The minimum absolute atomic E-state index is 0.0388. The number of nitrogen functional groups attached to an aromatic ring is 1. The standard InChI is InChI=1S/C19H24FN11O5S2/c1-29(19(22)30-4-2-23-3-5-30)24-6-9-8-37-16-11(15(33)31(16)12(9)17(34)35)26-10(32)7-25-36-13(20)14-27-18(21)38-28-14/h6-7,11,13,16,22-23H,2-5,8H2,1H3,(H,26,32)(H,34,35)(H2,21,27,28)/t11?,13?,16-/m0/s1. The van der Waals surface area contributed by atoms with Gasteiger partial charge < -0.3 is 31.2 Å². The fourth-order valence-electron chi connectivity index (χ4n) is 3.74. The Morgan fingerprint density at radius 1 is 1.45 bits per heavy atom. The van der Waals surface area contributed by atoms with Gasteiger partial charge in [-0.1, -0.05) is 5.16 Å². The number of halogens is 1. The summed E-state index contributed by atoms with van der Waals surface area (Å²) < 4.78 is 17.5. The first kappa shape index (κ1) is 27.2. The van der Waals surface area contributed by atoms with Gasteiger partial charge in [-0.2, -0.15) is 18.8 Å². The number of alkyl halides is 1. The highest BCUT2D eigenvalue weighted by atomic mass is 32.2. The molecule has 19 heteroatoms. The first-order valence-electron chi connectivity index (χ1n) is 11.1. The maximum atomic E-state index is 13.8. The van der Waals surface area contributed by atoms with E-state index in [1.54, 1.807) is 7.05 Å². The molecule has 4 heterocycles. The Kier molecular flexibility index (Phi) is 8.37. The maximum absolute atomic E-state index is 13.8. The number of carboxylic acid groups (broad SMARTS) is 1. The minimum atomic E-state index is -2.13. The lowest BCUT2D eigenvalue weighted by molar-refractivity contribution is -0.150. The normalized spacial score (nSPS) is 22.3. The first-order valence-corrected chi connectivity index (χ1v) is 13.0. The molecular formula is C19H24FN11O5S2. The predicted octanol–water partition coefficient (Wildman–Crippen LogP) is -1.41. The number of hydrogen-bond acceptors (Lipinski definition) is 13. The minimum Gasteiger partial charge on any atom is -0.477 e. The Balaban J connectivity index is 1.35. The van der Waals surface area contributed by atoms with E-state index in [-0.39, 0.29) is 33.9 Å². The summed E-state index contributed by atoms with van der Waals surface area (Å²) in [4.78, 5) is 47.9. The van der Waals surface area contributed by atoms with Crippen LogP contribution in [0.2, 0.25) is 0 Å². The van der Waals surface area contributed by atoms with E-state index in [0.29, 0.717) is 19.3 Å². The molecule has 3 aliphatic heterocycles. The number of oxime groups is 1. The zero-order valence-electron chi connectivity index (χ0n) is 19.9. The van der Waals surface area contributed by atoms with Crippen LogP contribution in [-0.4, -0.2) is 116 Å². The van der Waals surface area contributed by atoms with Crippen molar-refractivity contribution in [1.29, 1.82) is 5.41 Å². The van der Waals surface area contributed by atoms with Crippen LogP contribution in [-0.2, 0) is 19.2 Å². The van der Waals surface area contributed by atoms with Crippen molar-refractivity contribution in [2.45, 2.75) is 17.8 Å². The lowest BCUT2D eigenvalue weighted by Crippen LogP contribution is -2.70. The molecule has 38 heavy (non-hydrogen) atoms. The van der Waals surface area contributed by atoms with Gasteiger partial charge in [-0.15, -0.1) is 11.8 Å². The quantitative estimate of drug-likeness (QED) is 0.106. The summed E-state index contributed by atoms with van der Waals surface area (Å²) in [6, 6.07) is -1.02. The van der Waals surface area contributed by atoms with Crippen molar-refractivity contribution in [3.63, 3.8) is 0 Å². The Morgan fingerprint density at radius 3 is 2.84 bits per heavy atom. The number of hydrazone groups is 1. The molecule has 1 aromatic rings. The number of guanidine groups is 1. The Labute approximate surface area is 223 Å². The number of fused-ring (bicyclic) bond motifs is 1. The number of aromatic nitrogens is 2. The van der Waals surface area contributed by atoms with Crippen LogP contribution >= 0.6 is 23.3 Å².